The van der Waals surface area contributed by atoms with Crippen molar-refractivity contribution in [3.8, 4) is 0 Å². The van der Waals surface area contributed by atoms with Crippen LogP contribution in [0.1, 0.15) is 25.8 Å². The molecule has 0 bridgehead atoms. The van der Waals surface area contributed by atoms with Crippen LogP contribution >= 0.6 is 0 Å². The summed E-state index contributed by atoms with van der Waals surface area (Å²) in [6.45, 7) is 5.94. The van der Waals surface area contributed by atoms with Gasteiger partial charge in [-0.15, -0.1) is 0 Å². The highest BCUT2D eigenvalue weighted by molar-refractivity contribution is 5.80. The van der Waals surface area contributed by atoms with Crippen molar-refractivity contribution in [2.24, 2.45) is 5.41 Å². The van der Waals surface area contributed by atoms with Gasteiger partial charge >= 0.3 is 0 Å². The van der Waals surface area contributed by atoms with Gasteiger partial charge < -0.3 is 10.6 Å². The summed E-state index contributed by atoms with van der Waals surface area (Å²) in [7, 11) is 0. The lowest BCUT2D eigenvalue weighted by molar-refractivity contribution is -0.385. The molecule has 2 N–H and O–H groups in total. The number of piperidine rings is 1. The first-order valence-electron chi connectivity index (χ1n) is 7.12. The smallest absolute Gasteiger partial charge is 0.273 e. The fraction of sp³-hybridized carbons (Fsp3) is 0.533. The Morgan fingerprint density at radius 2 is 2.19 bits per heavy atom. The van der Waals surface area contributed by atoms with Crippen LogP contribution in [0.4, 0.5) is 5.69 Å². The van der Waals surface area contributed by atoms with Gasteiger partial charge in [0.2, 0.25) is 5.91 Å². The third-order valence-corrected chi connectivity index (χ3v) is 4.01. The van der Waals surface area contributed by atoms with Gasteiger partial charge in [-0.25, -0.2) is 0 Å². The van der Waals surface area contributed by atoms with Gasteiger partial charge in [-0.3, -0.25) is 14.9 Å². The lowest BCUT2D eigenvalue weighted by Gasteiger charge is -2.39. The van der Waals surface area contributed by atoms with E-state index < -0.39 is 4.92 Å². The normalized spacial score (nSPS) is 20.8. The molecule has 1 fully saturated rings. The fourth-order valence-electron chi connectivity index (χ4n) is 2.70. The maximum atomic E-state index is 12.2. The van der Waals surface area contributed by atoms with Gasteiger partial charge in [-0.1, -0.05) is 32.0 Å². The van der Waals surface area contributed by atoms with Gasteiger partial charge in [-0.05, 0) is 18.4 Å². The molecule has 0 aliphatic carbocycles. The van der Waals surface area contributed by atoms with Crippen molar-refractivity contribution in [1.82, 2.24) is 10.6 Å². The Kier molecular flexibility index (Phi) is 4.57. The first-order chi connectivity index (χ1) is 9.90. The molecule has 6 nitrogen and oxygen atoms in total. The first-order valence-corrected chi connectivity index (χ1v) is 7.12. The Morgan fingerprint density at radius 3 is 2.86 bits per heavy atom. The molecule has 1 heterocycles. The molecule has 0 spiro atoms. The average Bonchev–Trinajstić information content (AvgIpc) is 2.41. The Balaban J connectivity index is 2.04. The number of nitrogens with zero attached hydrogens (tertiary/aromatic N) is 1. The molecule has 0 saturated carbocycles. The van der Waals surface area contributed by atoms with Crippen molar-refractivity contribution in [3.63, 3.8) is 0 Å². The number of nitro benzene ring substituents is 1. The number of carbonyl (C=O) groups is 1. The maximum Gasteiger partial charge on any atom is 0.273 e. The number of amides is 1. The molecule has 6 heteroatoms. The molecule has 2 rings (SSSR count). The van der Waals surface area contributed by atoms with Crippen molar-refractivity contribution in [2.75, 3.05) is 13.1 Å². The van der Waals surface area contributed by atoms with Crippen LogP contribution < -0.4 is 10.6 Å². The summed E-state index contributed by atoms with van der Waals surface area (Å²) in [5.74, 6) is -0.163. The van der Waals surface area contributed by atoms with Crippen LogP contribution in [-0.2, 0) is 11.2 Å². The number of benzene rings is 1. The van der Waals surface area contributed by atoms with E-state index in [4.69, 9.17) is 0 Å². The van der Waals surface area contributed by atoms with Crippen molar-refractivity contribution in [1.29, 1.82) is 0 Å². The zero-order valence-electron chi connectivity index (χ0n) is 12.4. The number of para-hydroxylation sites is 1. The van der Waals surface area contributed by atoms with E-state index in [0.717, 1.165) is 19.5 Å². The second-order valence-corrected chi connectivity index (χ2v) is 6.14. The van der Waals surface area contributed by atoms with Crippen molar-refractivity contribution in [2.45, 2.75) is 32.7 Å². The Labute approximate surface area is 124 Å². The molecule has 1 atom stereocenters. The minimum Gasteiger partial charge on any atom is -0.352 e. The molecule has 1 unspecified atom stereocenters. The predicted octanol–water partition coefficient (Wildman–Crippen LogP) is 1.64. The number of rotatable bonds is 4. The molecule has 1 aliphatic rings. The Bertz CT molecular complexity index is 543. The number of hydrogen-bond donors (Lipinski definition) is 2. The Morgan fingerprint density at radius 1 is 1.48 bits per heavy atom. The molecule has 0 aromatic heterocycles. The number of nitrogens with one attached hydrogen (secondary N) is 2. The van der Waals surface area contributed by atoms with E-state index in [1.807, 2.05) is 0 Å². The van der Waals surface area contributed by atoms with Crippen LogP contribution in [0.3, 0.4) is 0 Å². The quantitative estimate of drug-likeness (QED) is 0.652. The number of carbonyl (C=O) groups excluding carboxylic acids is 1. The third-order valence-electron chi connectivity index (χ3n) is 4.01. The van der Waals surface area contributed by atoms with Crippen molar-refractivity contribution in [3.05, 3.63) is 39.9 Å². The molecule has 21 heavy (non-hydrogen) atoms. The van der Waals surface area contributed by atoms with Crippen LogP contribution in [0.25, 0.3) is 0 Å². The summed E-state index contributed by atoms with van der Waals surface area (Å²) in [5, 5.41) is 17.3. The minimum absolute atomic E-state index is 0.00257. The van der Waals surface area contributed by atoms with Gasteiger partial charge in [0, 0.05) is 24.2 Å². The van der Waals surface area contributed by atoms with E-state index in [9.17, 15) is 14.9 Å². The summed E-state index contributed by atoms with van der Waals surface area (Å²) >= 11 is 0. The lowest BCUT2D eigenvalue weighted by Crippen LogP contribution is -2.54. The summed E-state index contributed by atoms with van der Waals surface area (Å²) in [4.78, 5) is 22.7. The molecule has 114 valence electrons. The summed E-state index contributed by atoms with van der Waals surface area (Å²) < 4.78 is 0. The minimum atomic E-state index is -0.447. The SMILES string of the molecule is CC1(C)CNCCC1NC(=O)Cc1ccccc1[N+](=O)[O-]. The molecule has 1 aromatic rings. The lowest BCUT2D eigenvalue weighted by atomic mass is 9.80. The number of nitro groups is 1. The van der Waals surface area contributed by atoms with Gasteiger partial charge in [-0.2, -0.15) is 0 Å². The van der Waals surface area contributed by atoms with E-state index in [-0.39, 0.29) is 29.5 Å². The van der Waals surface area contributed by atoms with Crippen molar-refractivity contribution < 1.29 is 9.72 Å². The van der Waals surface area contributed by atoms with Gasteiger partial charge in [0.15, 0.2) is 0 Å². The molecule has 1 amide bonds. The molecule has 0 radical (unpaired) electrons. The van der Waals surface area contributed by atoms with E-state index in [0.29, 0.717) is 5.56 Å². The number of hydrogen-bond acceptors (Lipinski definition) is 4. The van der Waals surface area contributed by atoms with Crippen LogP contribution in [0, 0.1) is 15.5 Å². The van der Waals surface area contributed by atoms with E-state index in [2.05, 4.69) is 24.5 Å². The van der Waals surface area contributed by atoms with E-state index in [1.54, 1.807) is 18.2 Å². The second kappa shape index (κ2) is 6.22. The van der Waals surface area contributed by atoms with Crippen LogP contribution in [0.15, 0.2) is 24.3 Å². The highest BCUT2D eigenvalue weighted by Crippen LogP contribution is 2.25. The first kappa shape index (κ1) is 15.4. The van der Waals surface area contributed by atoms with Crippen LogP contribution in [0.5, 0.6) is 0 Å². The highest BCUT2D eigenvalue weighted by Gasteiger charge is 2.33. The van der Waals surface area contributed by atoms with Crippen LogP contribution in [0.2, 0.25) is 0 Å². The zero-order chi connectivity index (χ0) is 15.5. The second-order valence-electron chi connectivity index (χ2n) is 6.14. The Hall–Kier alpha value is -1.95. The maximum absolute atomic E-state index is 12.2. The highest BCUT2D eigenvalue weighted by atomic mass is 16.6. The predicted molar refractivity (Wildman–Crippen MR) is 80.0 cm³/mol. The third kappa shape index (κ3) is 3.78. The average molecular weight is 291 g/mol. The molecule has 1 saturated heterocycles. The van der Waals surface area contributed by atoms with Crippen molar-refractivity contribution >= 4 is 11.6 Å². The largest absolute Gasteiger partial charge is 0.352 e. The molecule has 1 aromatic carbocycles. The fourth-order valence-corrected chi connectivity index (χ4v) is 2.70. The standard InChI is InChI=1S/C15H21N3O3/c1-15(2)10-16-8-7-13(15)17-14(19)9-11-5-3-4-6-12(11)18(20)21/h3-6,13,16H,7-10H2,1-2H3,(H,17,19). The zero-order valence-corrected chi connectivity index (χ0v) is 12.4. The summed E-state index contributed by atoms with van der Waals surface area (Å²) in [5.41, 5.74) is 0.431. The van der Waals surface area contributed by atoms with Gasteiger partial charge in [0.1, 0.15) is 0 Å². The van der Waals surface area contributed by atoms with Crippen LogP contribution in [-0.4, -0.2) is 30.0 Å². The molecular weight excluding hydrogens is 270 g/mol. The molecular formula is C15H21N3O3. The van der Waals surface area contributed by atoms with E-state index in [1.165, 1.54) is 6.07 Å². The summed E-state index contributed by atoms with van der Waals surface area (Å²) in [6.07, 6.45) is 0.910. The van der Waals surface area contributed by atoms with E-state index >= 15 is 0 Å². The molecule has 1 aliphatic heterocycles. The topological polar surface area (TPSA) is 84.3 Å². The van der Waals surface area contributed by atoms with Gasteiger partial charge in [0.25, 0.3) is 5.69 Å². The summed E-state index contributed by atoms with van der Waals surface area (Å²) in [6, 6.07) is 6.47. The monoisotopic (exact) mass is 291 g/mol. The van der Waals surface area contributed by atoms with Gasteiger partial charge in [0.05, 0.1) is 11.3 Å².